The van der Waals surface area contributed by atoms with Crippen LogP contribution in [0.25, 0.3) is 22.4 Å². The Morgan fingerprint density at radius 2 is 2.00 bits per heavy atom. The van der Waals surface area contributed by atoms with Crippen molar-refractivity contribution in [1.82, 2.24) is 15.0 Å². The lowest BCUT2D eigenvalue weighted by atomic mass is 10.1. The molecule has 0 atom stereocenters. The SMILES string of the molecule is C/C(=N\O)c1cnc2c(N3CCOCC3)nc(-c3cccc(O)c3)nc2c1. The number of hydrogen-bond acceptors (Lipinski definition) is 8. The van der Waals surface area contributed by atoms with Crippen LogP contribution in [-0.2, 0) is 4.74 Å². The quantitative estimate of drug-likeness (QED) is 0.417. The van der Waals surface area contributed by atoms with Gasteiger partial charge in [-0.1, -0.05) is 17.3 Å². The van der Waals surface area contributed by atoms with E-state index in [1.54, 1.807) is 31.3 Å². The minimum absolute atomic E-state index is 0.152. The molecule has 0 spiro atoms. The molecule has 0 bridgehead atoms. The highest BCUT2D eigenvalue weighted by molar-refractivity contribution is 6.01. The maximum atomic E-state index is 9.82. The molecular formula is C19H19N5O3. The summed E-state index contributed by atoms with van der Waals surface area (Å²) in [5, 5.41) is 22.1. The van der Waals surface area contributed by atoms with E-state index in [2.05, 4.69) is 20.0 Å². The van der Waals surface area contributed by atoms with Gasteiger partial charge < -0.3 is 20.0 Å². The average molecular weight is 365 g/mol. The number of rotatable bonds is 3. The number of aromatic hydroxyl groups is 1. The third kappa shape index (κ3) is 3.39. The van der Waals surface area contributed by atoms with Crippen LogP contribution in [0.5, 0.6) is 5.75 Å². The molecule has 1 aromatic carbocycles. The van der Waals surface area contributed by atoms with E-state index in [-0.39, 0.29) is 5.75 Å². The van der Waals surface area contributed by atoms with E-state index in [0.29, 0.717) is 60.0 Å². The summed E-state index contributed by atoms with van der Waals surface area (Å²) in [4.78, 5) is 16.0. The fourth-order valence-electron chi connectivity index (χ4n) is 3.03. The molecule has 3 heterocycles. The van der Waals surface area contributed by atoms with Gasteiger partial charge in [0.25, 0.3) is 0 Å². The number of morpholine rings is 1. The van der Waals surface area contributed by atoms with Crippen LogP contribution in [0.1, 0.15) is 12.5 Å². The van der Waals surface area contributed by atoms with Crippen LogP contribution in [0.2, 0.25) is 0 Å². The number of nitrogens with zero attached hydrogens (tertiary/aromatic N) is 5. The number of pyridine rings is 1. The van der Waals surface area contributed by atoms with Crippen molar-refractivity contribution < 1.29 is 15.1 Å². The molecule has 0 aliphatic carbocycles. The van der Waals surface area contributed by atoms with Crippen LogP contribution in [0.3, 0.4) is 0 Å². The Balaban J connectivity index is 1.92. The second kappa shape index (κ2) is 7.16. The monoisotopic (exact) mass is 365 g/mol. The Labute approximate surface area is 155 Å². The van der Waals surface area contributed by atoms with Crippen LogP contribution in [0.4, 0.5) is 5.82 Å². The Kier molecular flexibility index (Phi) is 4.55. The molecule has 4 rings (SSSR count). The van der Waals surface area contributed by atoms with Crippen molar-refractivity contribution in [3.8, 4) is 17.1 Å². The maximum absolute atomic E-state index is 9.82. The van der Waals surface area contributed by atoms with Crippen molar-refractivity contribution >= 4 is 22.6 Å². The molecule has 1 aliphatic heterocycles. The molecule has 2 N–H and O–H groups in total. The molecule has 1 saturated heterocycles. The smallest absolute Gasteiger partial charge is 0.162 e. The molecule has 3 aromatic rings. The molecular weight excluding hydrogens is 346 g/mol. The summed E-state index contributed by atoms with van der Waals surface area (Å²) in [5.41, 5.74) is 3.17. The molecule has 0 amide bonds. The number of fused-ring (bicyclic) bond motifs is 1. The molecule has 0 saturated carbocycles. The third-order valence-electron chi connectivity index (χ3n) is 4.50. The number of oxime groups is 1. The van der Waals surface area contributed by atoms with Gasteiger partial charge in [0.2, 0.25) is 0 Å². The molecule has 138 valence electrons. The van der Waals surface area contributed by atoms with Gasteiger partial charge >= 0.3 is 0 Å². The van der Waals surface area contributed by atoms with Crippen LogP contribution < -0.4 is 4.90 Å². The van der Waals surface area contributed by atoms with Gasteiger partial charge in [-0.25, -0.2) is 15.0 Å². The number of hydrogen-bond donors (Lipinski definition) is 2. The Hall–Kier alpha value is -3.26. The molecule has 0 unspecified atom stereocenters. The first-order chi connectivity index (χ1) is 13.2. The predicted molar refractivity (Wildman–Crippen MR) is 101 cm³/mol. The van der Waals surface area contributed by atoms with Crippen molar-refractivity contribution in [3.05, 3.63) is 42.1 Å². The second-order valence-corrected chi connectivity index (χ2v) is 6.30. The van der Waals surface area contributed by atoms with Crippen LogP contribution >= 0.6 is 0 Å². The third-order valence-corrected chi connectivity index (χ3v) is 4.50. The van der Waals surface area contributed by atoms with Crippen LogP contribution in [0, 0.1) is 0 Å². The predicted octanol–water partition coefficient (Wildman–Crippen LogP) is 2.43. The largest absolute Gasteiger partial charge is 0.508 e. The average Bonchev–Trinajstić information content (AvgIpc) is 2.72. The topological polar surface area (TPSA) is 104 Å². The van der Waals surface area contributed by atoms with Gasteiger partial charge in [-0.3, -0.25) is 0 Å². The number of ether oxygens (including phenoxy) is 1. The van der Waals surface area contributed by atoms with Gasteiger partial charge in [-0.2, -0.15) is 0 Å². The minimum Gasteiger partial charge on any atom is -0.508 e. The van der Waals surface area contributed by atoms with Gasteiger partial charge in [0.15, 0.2) is 11.6 Å². The van der Waals surface area contributed by atoms with Crippen molar-refractivity contribution in [3.63, 3.8) is 0 Å². The first-order valence-corrected chi connectivity index (χ1v) is 8.64. The zero-order valence-corrected chi connectivity index (χ0v) is 14.8. The number of anilines is 1. The van der Waals surface area contributed by atoms with E-state index >= 15 is 0 Å². The van der Waals surface area contributed by atoms with Crippen molar-refractivity contribution in [2.75, 3.05) is 31.2 Å². The van der Waals surface area contributed by atoms with Crippen molar-refractivity contribution in [1.29, 1.82) is 0 Å². The van der Waals surface area contributed by atoms with Gasteiger partial charge in [-0.15, -0.1) is 0 Å². The fourth-order valence-corrected chi connectivity index (χ4v) is 3.03. The van der Waals surface area contributed by atoms with E-state index in [4.69, 9.17) is 14.9 Å². The number of phenols is 1. The number of phenolic OH excluding ortho intramolecular Hbond substituents is 1. The molecule has 2 aromatic heterocycles. The van der Waals surface area contributed by atoms with E-state index in [9.17, 15) is 5.11 Å². The highest BCUT2D eigenvalue weighted by Gasteiger charge is 2.19. The van der Waals surface area contributed by atoms with Crippen LogP contribution in [0.15, 0.2) is 41.7 Å². The van der Waals surface area contributed by atoms with Crippen LogP contribution in [-0.4, -0.2) is 57.3 Å². The molecule has 1 aliphatic rings. The Bertz CT molecular complexity index is 1020. The lowest BCUT2D eigenvalue weighted by Crippen LogP contribution is -2.37. The van der Waals surface area contributed by atoms with Crippen molar-refractivity contribution in [2.24, 2.45) is 5.16 Å². The van der Waals surface area contributed by atoms with Gasteiger partial charge in [0, 0.05) is 30.4 Å². The minimum atomic E-state index is 0.152. The standard InChI is InChI=1S/C19H19N5O3/c1-12(23-26)14-10-16-17(20-11-14)19(24-5-7-27-8-6-24)22-18(21-16)13-3-2-4-15(25)9-13/h2-4,9-11,25-26H,5-8H2,1H3/b23-12+. The van der Waals surface area contributed by atoms with Gasteiger partial charge in [0.05, 0.1) is 24.4 Å². The highest BCUT2D eigenvalue weighted by Crippen LogP contribution is 2.28. The van der Waals surface area contributed by atoms with Crippen molar-refractivity contribution in [2.45, 2.75) is 6.92 Å². The van der Waals surface area contributed by atoms with E-state index < -0.39 is 0 Å². The first-order valence-electron chi connectivity index (χ1n) is 8.64. The number of benzene rings is 1. The zero-order chi connectivity index (χ0) is 18.8. The van der Waals surface area contributed by atoms with Gasteiger partial charge in [-0.05, 0) is 25.1 Å². The van der Waals surface area contributed by atoms with E-state index in [1.807, 2.05) is 12.1 Å². The summed E-state index contributed by atoms with van der Waals surface area (Å²) in [7, 11) is 0. The molecule has 27 heavy (non-hydrogen) atoms. The second-order valence-electron chi connectivity index (χ2n) is 6.30. The Morgan fingerprint density at radius 3 is 2.74 bits per heavy atom. The summed E-state index contributed by atoms with van der Waals surface area (Å²) >= 11 is 0. The van der Waals surface area contributed by atoms with E-state index in [0.717, 1.165) is 5.82 Å². The maximum Gasteiger partial charge on any atom is 0.162 e. The zero-order valence-electron chi connectivity index (χ0n) is 14.8. The lowest BCUT2D eigenvalue weighted by molar-refractivity contribution is 0.122. The molecule has 8 heteroatoms. The molecule has 0 radical (unpaired) electrons. The molecule has 1 fully saturated rings. The lowest BCUT2D eigenvalue weighted by Gasteiger charge is -2.28. The summed E-state index contributed by atoms with van der Waals surface area (Å²) < 4.78 is 5.45. The normalized spacial score (nSPS) is 15.3. The highest BCUT2D eigenvalue weighted by atomic mass is 16.5. The fraction of sp³-hybridized carbons (Fsp3) is 0.263. The van der Waals surface area contributed by atoms with Gasteiger partial charge in [0.1, 0.15) is 11.3 Å². The molecule has 8 nitrogen and oxygen atoms in total. The first kappa shape index (κ1) is 17.2. The summed E-state index contributed by atoms with van der Waals surface area (Å²) in [5.74, 6) is 1.38. The summed E-state index contributed by atoms with van der Waals surface area (Å²) in [6.45, 7) is 4.38. The summed E-state index contributed by atoms with van der Waals surface area (Å²) in [6, 6.07) is 8.66. The van der Waals surface area contributed by atoms with E-state index in [1.165, 1.54) is 0 Å². The Morgan fingerprint density at radius 1 is 1.19 bits per heavy atom. The number of aromatic nitrogens is 3. The summed E-state index contributed by atoms with van der Waals surface area (Å²) in [6.07, 6.45) is 1.65.